The monoisotopic (exact) mass is 275 g/mol. The number of halogens is 2. The molecular weight excluding hydrogens is 261 g/mol. The van der Waals surface area contributed by atoms with E-state index in [0.29, 0.717) is 12.3 Å². The summed E-state index contributed by atoms with van der Waals surface area (Å²) in [6.45, 7) is 2.59. The van der Waals surface area contributed by atoms with Gasteiger partial charge in [-0.25, -0.2) is 4.39 Å². The van der Waals surface area contributed by atoms with Crippen molar-refractivity contribution in [1.82, 2.24) is 0 Å². The summed E-state index contributed by atoms with van der Waals surface area (Å²) < 4.78 is 19.4. The zero-order chi connectivity index (χ0) is 11.4. The van der Waals surface area contributed by atoms with Crippen LogP contribution in [0.25, 0.3) is 0 Å². The molecule has 1 atom stereocenters. The molecule has 0 aliphatic rings. The Hall–Kier alpha value is -0.610. The largest absolute Gasteiger partial charge is 0.493 e. The molecule has 2 N–H and O–H groups in total. The summed E-state index contributed by atoms with van der Waals surface area (Å²) in [7, 11) is 1.48. The van der Waals surface area contributed by atoms with Crippen LogP contribution in [0.5, 0.6) is 5.75 Å². The van der Waals surface area contributed by atoms with E-state index < -0.39 is 0 Å². The van der Waals surface area contributed by atoms with Crippen molar-refractivity contribution in [3.8, 4) is 5.75 Å². The molecule has 0 amide bonds. The van der Waals surface area contributed by atoms with Crippen molar-refractivity contribution < 1.29 is 9.13 Å². The minimum atomic E-state index is -0.334. The van der Waals surface area contributed by atoms with Crippen molar-refractivity contribution in [2.75, 3.05) is 13.7 Å². The lowest BCUT2D eigenvalue weighted by Crippen LogP contribution is -2.07. The third kappa shape index (κ3) is 2.69. The standard InChI is InChI=1S/C11H15BrFNO/c1-7(5-6-14)10-8(12)3-4-9(13)11(10)15-2/h3-4,7H,5-6,14H2,1-2H3. The molecule has 0 saturated carbocycles. The van der Waals surface area contributed by atoms with Gasteiger partial charge in [0, 0.05) is 10.0 Å². The first-order chi connectivity index (χ1) is 7.11. The molecule has 0 bridgehead atoms. The van der Waals surface area contributed by atoms with E-state index in [1.54, 1.807) is 6.07 Å². The Bertz CT molecular complexity index is 344. The van der Waals surface area contributed by atoms with Gasteiger partial charge in [-0.15, -0.1) is 0 Å². The third-order valence-electron chi connectivity index (χ3n) is 2.39. The zero-order valence-electron chi connectivity index (χ0n) is 8.89. The van der Waals surface area contributed by atoms with E-state index in [9.17, 15) is 4.39 Å². The number of ether oxygens (including phenoxy) is 1. The third-order valence-corrected chi connectivity index (χ3v) is 3.08. The highest BCUT2D eigenvalue weighted by atomic mass is 79.9. The minimum Gasteiger partial charge on any atom is -0.493 e. The SMILES string of the molecule is COc1c(F)ccc(Br)c1C(C)CCN. The van der Waals surface area contributed by atoms with Gasteiger partial charge in [0.15, 0.2) is 11.6 Å². The normalized spacial score (nSPS) is 12.6. The lowest BCUT2D eigenvalue weighted by Gasteiger charge is -2.17. The Morgan fingerprint density at radius 1 is 1.53 bits per heavy atom. The molecule has 0 radical (unpaired) electrons. The summed E-state index contributed by atoms with van der Waals surface area (Å²) in [4.78, 5) is 0. The average Bonchev–Trinajstić information content (AvgIpc) is 2.21. The van der Waals surface area contributed by atoms with Gasteiger partial charge in [-0.05, 0) is 31.0 Å². The summed E-state index contributed by atoms with van der Waals surface area (Å²) in [5.41, 5.74) is 6.35. The molecule has 0 aromatic heterocycles. The first-order valence-corrected chi connectivity index (χ1v) is 5.63. The topological polar surface area (TPSA) is 35.2 Å². The van der Waals surface area contributed by atoms with E-state index in [4.69, 9.17) is 10.5 Å². The molecule has 0 spiro atoms. The highest BCUT2D eigenvalue weighted by Gasteiger charge is 2.18. The van der Waals surface area contributed by atoms with E-state index in [2.05, 4.69) is 15.9 Å². The van der Waals surface area contributed by atoms with Crippen LogP contribution >= 0.6 is 15.9 Å². The minimum absolute atomic E-state index is 0.176. The first kappa shape index (κ1) is 12.5. The predicted octanol–water partition coefficient (Wildman–Crippen LogP) is 3.05. The van der Waals surface area contributed by atoms with Crippen molar-refractivity contribution >= 4 is 15.9 Å². The maximum Gasteiger partial charge on any atom is 0.165 e. The summed E-state index contributed by atoms with van der Waals surface area (Å²) in [6.07, 6.45) is 0.804. The van der Waals surface area contributed by atoms with Crippen LogP contribution in [0.15, 0.2) is 16.6 Å². The van der Waals surface area contributed by atoms with Gasteiger partial charge in [0.05, 0.1) is 7.11 Å². The van der Waals surface area contributed by atoms with Crippen molar-refractivity contribution in [2.24, 2.45) is 5.73 Å². The smallest absolute Gasteiger partial charge is 0.165 e. The molecule has 15 heavy (non-hydrogen) atoms. The Kier molecular flexibility index (Phi) is 4.54. The number of hydrogen-bond acceptors (Lipinski definition) is 2. The second kappa shape index (κ2) is 5.47. The molecule has 0 aliphatic carbocycles. The maximum atomic E-state index is 13.5. The van der Waals surface area contributed by atoms with Crippen LogP contribution in [-0.2, 0) is 0 Å². The molecular formula is C11H15BrFNO. The quantitative estimate of drug-likeness (QED) is 0.917. The molecule has 0 heterocycles. The molecule has 1 aromatic rings. The number of hydrogen-bond donors (Lipinski definition) is 1. The van der Waals surface area contributed by atoms with Gasteiger partial charge in [-0.2, -0.15) is 0 Å². The second-order valence-corrected chi connectivity index (χ2v) is 4.31. The summed E-state index contributed by atoms with van der Waals surface area (Å²) in [5.74, 6) is 0.153. The predicted molar refractivity (Wildman–Crippen MR) is 62.7 cm³/mol. The second-order valence-electron chi connectivity index (χ2n) is 3.45. The van der Waals surface area contributed by atoms with Crippen LogP contribution in [-0.4, -0.2) is 13.7 Å². The molecule has 2 nitrogen and oxygen atoms in total. The van der Waals surface area contributed by atoms with Crippen molar-refractivity contribution in [1.29, 1.82) is 0 Å². The number of methoxy groups -OCH3 is 1. The van der Waals surface area contributed by atoms with Gasteiger partial charge in [0.2, 0.25) is 0 Å². The number of nitrogens with two attached hydrogens (primary N) is 1. The Morgan fingerprint density at radius 3 is 2.73 bits per heavy atom. The molecule has 0 aliphatic heterocycles. The van der Waals surface area contributed by atoms with Crippen LogP contribution in [0.4, 0.5) is 4.39 Å². The summed E-state index contributed by atoms with van der Waals surface area (Å²) in [5, 5.41) is 0. The van der Waals surface area contributed by atoms with Crippen molar-refractivity contribution in [2.45, 2.75) is 19.3 Å². The summed E-state index contributed by atoms with van der Waals surface area (Å²) in [6, 6.07) is 3.09. The lowest BCUT2D eigenvalue weighted by atomic mass is 9.96. The maximum absolute atomic E-state index is 13.5. The van der Waals surface area contributed by atoms with Gasteiger partial charge in [0.1, 0.15) is 0 Å². The fourth-order valence-corrected chi connectivity index (χ4v) is 2.31. The molecule has 0 fully saturated rings. The highest BCUT2D eigenvalue weighted by Crippen LogP contribution is 2.36. The van der Waals surface area contributed by atoms with E-state index in [1.165, 1.54) is 13.2 Å². The van der Waals surface area contributed by atoms with Crippen LogP contribution in [0, 0.1) is 5.82 Å². The average molecular weight is 276 g/mol. The van der Waals surface area contributed by atoms with E-state index in [0.717, 1.165) is 16.5 Å². The van der Waals surface area contributed by atoms with Crippen molar-refractivity contribution in [3.05, 3.63) is 28.0 Å². The number of rotatable bonds is 4. The molecule has 1 unspecified atom stereocenters. The molecule has 4 heteroatoms. The van der Waals surface area contributed by atoms with Crippen LogP contribution in [0.1, 0.15) is 24.8 Å². The van der Waals surface area contributed by atoms with Gasteiger partial charge >= 0.3 is 0 Å². The van der Waals surface area contributed by atoms with Gasteiger partial charge < -0.3 is 10.5 Å². The van der Waals surface area contributed by atoms with Gasteiger partial charge in [0.25, 0.3) is 0 Å². The molecule has 0 saturated heterocycles. The Morgan fingerprint density at radius 2 is 2.20 bits per heavy atom. The Labute approximate surface area is 97.7 Å². The van der Waals surface area contributed by atoms with Crippen LogP contribution in [0.3, 0.4) is 0 Å². The first-order valence-electron chi connectivity index (χ1n) is 4.83. The van der Waals surface area contributed by atoms with Crippen molar-refractivity contribution in [3.63, 3.8) is 0 Å². The van der Waals surface area contributed by atoms with Gasteiger partial charge in [-0.3, -0.25) is 0 Å². The van der Waals surface area contributed by atoms with Gasteiger partial charge in [-0.1, -0.05) is 22.9 Å². The summed E-state index contributed by atoms with van der Waals surface area (Å²) >= 11 is 3.41. The fraction of sp³-hybridized carbons (Fsp3) is 0.455. The van der Waals surface area contributed by atoms with E-state index in [1.807, 2.05) is 6.92 Å². The van der Waals surface area contributed by atoms with Crippen LogP contribution in [0.2, 0.25) is 0 Å². The molecule has 1 rings (SSSR count). The van der Waals surface area contributed by atoms with Crippen LogP contribution < -0.4 is 10.5 Å². The molecule has 1 aromatic carbocycles. The number of benzene rings is 1. The Balaban J connectivity index is 3.18. The fourth-order valence-electron chi connectivity index (χ4n) is 1.61. The lowest BCUT2D eigenvalue weighted by molar-refractivity contribution is 0.377. The van der Waals surface area contributed by atoms with E-state index in [-0.39, 0.29) is 11.7 Å². The van der Waals surface area contributed by atoms with E-state index >= 15 is 0 Å². The molecule has 84 valence electrons. The zero-order valence-corrected chi connectivity index (χ0v) is 10.5. The highest BCUT2D eigenvalue weighted by molar-refractivity contribution is 9.10.